The molecule has 0 bridgehead atoms. The van der Waals surface area contributed by atoms with Crippen LogP contribution >= 0.6 is 0 Å². The first-order valence-electron chi connectivity index (χ1n) is 2.48. The van der Waals surface area contributed by atoms with Gasteiger partial charge in [-0.15, -0.1) is 0 Å². The van der Waals surface area contributed by atoms with Gasteiger partial charge in [0.15, 0.2) is 7.85 Å². The highest BCUT2D eigenvalue weighted by Gasteiger charge is 1.94. The summed E-state index contributed by atoms with van der Waals surface area (Å²) in [5, 5.41) is 0. The highest BCUT2D eigenvalue weighted by Crippen LogP contribution is 2.04. The fraction of sp³-hybridized carbons (Fsp3) is 0.600. The van der Waals surface area contributed by atoms with E-state index >= 15 is 0 Å². The molecule has 7 heavy (non-hydrogen) atoms. The van der Waals surface area contributed by atoms with E-state index in [9.17, 15) is 0 Å². The second-order valence-electron chi connectivity index (χ2n) is 1.60. The molecule has 1 rings (SSSR count). The molecular weight excluding hydrogens is 86.9 g/mol. The van der Waals surface area contributed by atoms with Crippen molar-refractivity contribution in [3.05, 3.63) is 11.7 Å². The number of rotatable bonds is 0. The van der Waals surface area contributed by atoms with Gasteiger partial charge < -0.3 is 4.74 Å². The topological polar surface area (TPSA) is 9.23 Å². The van der Waals surface area contributed by atoms with E-state index in [0.29, 0.717) is 5.66 Å². The van der Waals surface area contributed by atoms with E-state index in [1.54, 1.807) is 0 Å². The molecule has 0 saturated carbocycles. The second kappa shape index (κ2) is 2.06. The van der Waals surface area contributed by atoms with E-state index in [1.165, 1.54) is 0 Å². The Morgan fingerprint density at radius 2 is 2.57 bits per heavy atom. The molecule has 0 spiro atoms. The van der Waals surface area contributed by atoms with Crippen molar-refractivity contribution < 1.29 is 4.74 Å². The summed E-state index contributed by atoms with van der Waals surface area (Å²) in [7, 11) is 5.27. The van der Waals surface area contributed by atoms with Crippen molar-refractivity contribution in [1.29, 1.82) is 0 Å². The lowest BCUT2D eigenvalue weighted by molar-refractivity contribution is 0.217. The monoisotopic (exact) mass is 94.1 g/mol. The Hall–Kier alpha value is -0.395. The van der Waals surface area contributed by atoms with Crippen LogP contribution in [0.3, 0.4) is 0 Å². The summed E-state index contributed by atoms with van der Waals surface area (Å²) < 4.78 is 4.92. The Bertz CT molecular complexity index is 88.1. The van der Waals surface area contributed by atoms with Crippen molar-refractivity contribution in [3.8, 4) is 0 Å². The molecular formula is C5H7BO. The maximum Gasteiger partial charge on any atom is 0.166 e. The van der Waals surface area contributed by atoms with E-state index in [4.69, 9.17) is 12.6 Å². The van der Waals surface area contributed by atoms with E-state index in [0.717, 1.165) is 19.4 Å². The van der Waals surface area contributed by atoms with Crippen LogP contribution in [-0.4, -0.2) is 14.5 Å². The zero-order valence-electron chi connectivity index (χ0n) is 4.18. The molecule has 0 unspecified atom stereocenters. The summed E-state index contributed by atoms with van der Waals surface area (Å²) in [6.45, 7) is 0.794. The zero-order chi connectivity index (χ0) is 5.11. The number of ether oxygens (including phenoxy) is 1. The van der Waals surface area contributed by atoms with Crippen LogP contribution in [0, 0.1) is 0 Å². The van der Waals surface area contributed by atoms with Crippen molar-refractivity contribution in [2.45, 2.75) is 12.8 Å². The molecule has 2 radical (unpaired) electrons. The Labute approximate surface area is 44.8 Å². The minimum Gasteiger partial charge on any atom is -0.510 e. The van der Waals surface area contributed by atoms with Crippen molar-refractivity contribution in [2.24, 2.45) is 0 Å². The van der Waals surface area contributed by atoms with Gasteiger partial charge in [0.1, 0.15) is 0 Å². The van der Waals surface area contributed by atoms with Gasteiger partial charge in [0.2, 0.25) is 0 Å². The maximum absolute atomic E-state index is 5.27. The zero-order valence-corrected chi connectivity index (χ0v) is 4.18. The first-order chi connectivity index (χ1) is 3.39. The van der Waals surface area contributed by atoms with Crippen LogP contribution in [0.15, 0.2) is 11.7 Å². The summed E-state index contributed by atoms with van der Waals surface area (Å²) in [6.07, 6.45) is 4.09. The van der Waals surface area contributed by atoms with Gasteiger partial charge in [-0.05, 0) is 12.8 Å². The molecule has 0 aromatic carbocycles. The van der Waals surface area contributed by atoms with E-state index in [2.05, 4.69) is 0 Å². The van der Waals surface area contributed by atoms with Crippen LogP contribution in [0.5, 0.6) is 0 Å². The highest BCUT2D eigenvalue weighted by atomic mass is 16.5. The molecule has 0 atom stereocenters. The predicted octanol–water partition coefficient (Wildman–Crippen LogP) is 0.807. The summed E-state index contributed by atoms with van der Waals surface area (Å²) >= 11 is 0. The molecule has 2 heteroatoms. The summed E-state index contributed by atoms with van der Waals surface area (Å²) in [5.74, 6) is 0. The molecule has 0 fully saturated rings. The number of hydrogen-bond acceptors (Lipinski definition) is 1. The van der Waals surface area contributed by atoms with Gasteiger partial charge in [0.25, 0.3) is 0 Å². The van der Waals surface area contributed by atoms with E-state index in [1.807, 2.05) is 6.08 Å². The molecule has 0 aromatic heterocycles. The standard InChI is InChI=1S/C5H7BO/c6-5-3-1-2-4-7-5/h3H,1-2,4H2. The molecule has 0 N–H and O–H groups in total. The van der Waals surface area contributed by atoms with Crippen LogP contribution in [0.1, 0.15) is 12.8 Å². The van der Waals surface area contributed by atoms with Crippen molar-refractivity contribution in [3.63, 3.8) is 0 Å². The van der Waals surface area contributed by atoms with Crippen molar-refractivity contribution in [1.82, 2.24) is 0 Å². The third-order valence-electron chi connectivity index (χ3n) is 0.963. The Morgan fingerprint density at radius 3 is 2.86 bits per heavy atom. The first-order valence-corrected chi connectivity index (χ1v) is 2.48. The van der Waals surface area contributed by atoms with Gasteiger partial charge in [-0.2, -0.15) is 0 Å². The molecule has 0 aliphatic carbocycles. The minimum atomic E-state index is 0.589. The molecule has 1 aliphatic rings. The quantitative estimate of drug-likeness (QED) is 0.403. The smallest absolute Gasteiger partial charge is 0.166 e. The minimum absolute atomic E-state index is 0.589. The van der Waals surface area contributed by atoms with Gasteiger partial charge >= 0.3 is 0 Å². The molecule has 36 valence electrons. The fourth-order valence-corrected chi connectivity index (χ4v) is 0.577. The highest BCUT2D eigenvalue weighted by molar-refractivity contribution is 6.20. The lowest BCUT2D eigenvalue weighted by atomic mass is 10.0. The SMILES string of the molecule is [B]C1=CCCCO1. The molecule has 1 nitrogen and oxygen atoms in total. The summed E-state index contributed by atoms with van der Waals surface area (Å²) in [6, 6.07) is 0. The normalized spacial score (nSPS) is 20.3. The fourth-order valence-electron chi connectivity index (χ4n) is 0.577. The van der Waals surface area contributed by atoms with Crippen molar-refractivity contribution >= 4 is 7.85 Å². The van der Waals surface area contributed by atoms with Crippen LogP contribution in [0.2, 0.25) is 0 Å². The Kier molecular flexibility index (Phi) is 1.40. The molecule has 0 aromatic rings. The Balaban J connectivity index is 2.40. The maximum atomic E-state index is 5.27. The lowest BCUT2D eigenvalue weighted by Crippen LogP contribution is -1.99. The van der Waals surface area contributed by atoms with Gasteiger partial charge in [-0.1, -0.05) is 6.08 Å². The number of hydrogen-bond donors (Lipinski definition) is 0. The van der Waals surface area contributed by atoms with Crippen LogP contribution in [0.4, 0.5) is 0 Å². The average molecular weight is 93.9 g/mol. The number of allylic oxidation sites excluding steroid dienone is 1. The summed E-state index contributed by atoms with van der Waals surface area (Å²) in [4.78, 5) is 0. The van der Waals surface area contributed by atoms with Crippen LogP contribution < -0.4 is 0 Å². The van der Waals surface area contributed by atoms with Gasteiger partial charge in [-0.3, -0.25) is 0 Å². The predicted molar refractivity (Wildman–Crippen MR) is 29.0 cm³/mol. The summed E-state index contributed by atoms with van der Waals surface area (Å²) in [5.41, 5.74) is 0.589. The lowest BCUT2D eigenvalue weighted by Gasteiger charge is -2.10. The first kappa shape index (κ1) is 4.76. The van der Waals surface area contributed by atoms with Gasteiger partial charge in [0.05, 0.1) is 6.61 Å². The molecule has 0 amide bonds. The third kappa shape index (κ3) is 1.26. The van der Waals surface area contributed by atoms with E-state index < -0.39 is 0 Å². The van der Waals surface area contributed by atoms with E-state index in [-0.39, 0.29) is 0 Å². The second-order valence-corrected chi connectivity index (χ2v) is 1.60. The molecule has 0 saturated heterocycles. The Morgan fingerprint density at radius 1 is 1.71 bits per heavy atom. The van der Waals surface area contributed by atoms with Gasteiger partial charge in [-0.25, -0.2) is 0 Å². The van der Waals surface area contributed by atoms with Gasteiger partial charge in [0, 0.05) is 5.66 Å². The molecule has 1 heterocycles. The van der Waals surface area contributed by atoms with Crippen molar-refractivity contribution in [2.75, 3.05) is 6.61 Å². The molecule has 1 aliphatic heterocycles. The largest absolute Gasteiger partial charge is 0.510 e. The van der Waals surface area contributed by atoms with Crippen LogP contribution in [-0.2, 0) is 4.74 Å². The van der Waals surface area contributed by atoms with Crippen LogP contribution in [0.25, 0.3) is 0 Å². The third-order valence-corrected chi connectivity index (χ3v) is 0.963. The average Bonchev–Trinajstić information content (AvgIpc) is 1.69.